The van der Waals surface area contributed by atoms with Crippen LogP contribution in [0.1, 0.15) is 41.7 Å². The van der Waals surface area contributed by atoms with E-state index in [1.807, 2.05) is 55.5 Å². The zero-order valence-electron chi connectivity index (χ0n) is 24.0. The monoisotopic (exact) mass is 543 g/mol. The molecule has 6 nitrogen and oxygen atoms in total. The Morgan fingerprint density at radius 1 is 0.829 bits per heavy atom. The summed E-state index contributed by atoms with van der Waals surface area (Å²) in [4.78, 5) is 20.6. The van der Waals surface area contributed by atoms with Gasteiger partial charge in [-0.2, -0.15) is 0 Å². The number of hydrogen-bond acceptors (Lipinski definition) is 4. The number of pyridine rings is 1. The third-order valence-electron chi connectivity index (χ3n) is 8.17. The molecule has 0 aliphatic heterocycles. The summed E-state index contributed by atoms with van der Waals surface area (Å²) in [5.41, 5.74) is 6.99. The number of amides is 1. The number of anilines is 2. The van der Waals surface area contributed by atoms with Gasteiger partial charge in [-0.15, -0.1) is 0 Å². The van der Waals surface area contributed by atoms with Crippen LogP contribution in [0.4, 0.5) is 11.5 Å². The minimum Gasteiger partial charge on any atom is -0.377 e. The number of carbonyl (C=O) groups excluding carboxylic acids is 1. The van der Waals surface area contributed by atoms with E-state index in [-0.39, 0.29) is 11.9 Å². The molecule has 41 heavy (non-hydrogen) atoms. The number of benzene rings is 3. The molecule has 0 radical (unpaired) electrons. The first-order valence-electron chi connectivity index (χ1n) is 14.5. The maximum atomic E-state index is 13.6. The average molecular weight is 544 g/mol. The van der Waals surface area contributed by atoms with Gasteiger partial charge in [0.1, 0.15) is 5.82 Å². The molecule has 2 N–H and O–H groups in total. The fourth-order valence-corrected chi connectivity index (χ4v) is 6.02. The first-order chi connectivity index (χ1) is 20.0. The van der Waals surface area contributed by atoms with E-state index in [9.17, 15) is 4.79 Å². The molecule has 3 aromatic carbocycles. The van der Waals surface area contributed by atoms with Gasteiger partial charge in [-0.1, -0.05) is 66.7 Å². The Hall–Kier alpha value is -4.58. The smallest absolute Gasteiger partial charge is 0.253 e. The van der Waals surface area contributed by atoms with Crippen LogP contribution < -0.4 is 15.5 Å². The Morgan fingerprint density at radius 3 is 2.17 bits per heavy atom. The van der Waals surface area contributed by atoms with E-state index in [1.165, 1.54) is 0 Å². The van der Waals surface area contributed by atoms with Crippen LogP contribution in [0.5, 0.6) is 0 Å². The molecule has 0 saturated heterocycles. The molecule has 1 aliphatic rings. The number of hydrogen-bond donors (Lipinski definition) is 2. The molecular formula is C35H37N5O. The predicted molar refractivity (Wildman–Crippen MR) is 169 cm³/mol. The highest BCUT2D eigenvalue weighted by atomic mass is 16.1. The summed E-state index contributed by atoms with van der Waals surface area (Å²) in [5.74, 6) is 0.906. The number of nitrogens with one attached hydrogen (secondary N) is 2. The van der Waals surface area contributed by atoms with Gasteiger partial charge in [0, 0.05) is 54.7 Å². The van der Waals surface area contributed by atoms with Crippen molar-refractivity contribution in [1.82, 2.24) is 14.9 Å². The van der Waals surface area contributed by atoms with E-state index >= 15 is 0 Å². The maximum Gasteiger partial charge on any atom is 0.253 e. The second-order valence-electron chi connectivity index (χ2n) is 11.2. The van der Waals surface area contributed by atoms with Crippen LogP contribution in [0.3, 0.4) is 0 Å². The Balaban J connectivity index is 1.15. The molecule has 6 rings (SSSR count). The van der Waals surface area contributed by atoms with Gasteiger partial charge >= 0.3 is 0 Å². The highest BCUT2D eigenvalue weighted by Crippen LogP contribution is 2.31. The van der Waals surface area contributed by atoms with Crippen LogP contribution in [0.2, 0.25) is 0 Å². The summed E-state index contributed by atoms with van der Waals surface area (Å²) >= 11 is 0. The van der Waals surface area contributed by atoms with Crippen molar-refractivity contribution in [3.05, 3.63) is 108 Å². The highest BCUT2D eigenvalue weighted by molar-refractivity contribution is 5.97. The first kappa shape index (κ1) is 26.6. The number of rotatable bonds is 7. The summed E-state index contributed by atoms with van der Waals surface area (Å²) in [6.45, 7) is 2.04. The molecule has 1 aliphatic carbocycles. The highest BCUT2D eigenvalue weighted by Gasteiger charge is 2.26. The molecule has 1 saturated carbocycles. The lowest BCUT2D eigenvalue weighted by Crippen LogP contribution is -2.40. The van der Waals surface area contributed by atoms with Crippen LogP contribution in [-0.2, 0) is 0 Å². The lowest BCUT2D eigenvalue weighted by atomic mass is 9.91. The topological polar surface area (TPSA) is 62.2 Å². The Kier molecular flexibility index (Phi) is 7.47. The summed E-state index contributed by atoms with van der Waals surface area (Å²) in [6, 6.07) is 33.5. The van der Waals surface area contributed by atoms with Crippen molar-refractivity contribution >= 4 is 28.3 Å². The molecule has 1 amide bonds. The fourth-order valence-electron chi connectivity index (χ4n) is 6.02. The molecule has 0 unspecified atom stereocenters. The molecule has 5 aromatic rings. The van der Waals surface area contributed by atoms with Crippen molar-refractivity contribution in [2.24, 2.45) is 0 Å². The van der Waals surface area contributed by atoms with Crippen LogP contribution in [0.15, 0.2) is 97.1 Å². The molecule has 0 atom stereocenters. The van der Waals surface area contributed by atoms with E-state index in [1.54, 1.807) is 0 Å². The zero-order chi connectivity index (χ0) is 28.3. The van der Waals surface area contributed by atoms with Crippen molar-refractivity contribution in [2.45, 2.75) is 44.7 Å². The van der Waals surface area contributed by atoms with Crippen LogP contribution in [0.25, 0.3) is 27.8 Å². The Morgan fingerprint density at radius 2 is 1.46 bits per heavy atom. The van der Waals surface area contributed by atoms with Crippen LogP contribution in [-0.4, -0.2) is 41.6 Å². The van der Waals surface area contributed by atoms with Gasteiger partial charge in [0.15, 0.2) is 0 Å². The van der Waals surface area contributed by atoms with E-state index in [4.69, 9.17) is 4.98 Å². The Labute approximate surface area is 242 Å². The van der Waals surface area contributed by atoms with Crippen molar-refractivity contribution in [3.8, 4) is 16.9 Å². The standard InChI is InChI=1S/C35H37N5O/c1-24-30(22-32(25-12-6-4-7-13-25)40(24)28-14-8-5-9-15-28)35(41)37-27-20-18-26(19-21-27)36-34-23-33(39(2)3)29-16-10-11-17-31(29)38-34/h4-17,22-23,26-27H,18-21H2,1-3H3,(H,36,38)(H,37,41). The number of carbonyl (C=O) groups is 1. The third-order valence-corrected chi connectivity index (χ3v) is 8.17. The van der Waals surface area contributed by atoms with Crippen molar-refractivity contribution in [1.29, 1.82) is 0 Å². The largest absolute Gasteiger partial charge is 0.377 e. The SMILES string of the molecule is Cc1c(C(=O)NC2CCC(Nc3cc(N(C)C)c4ccccc4n3)CC2)cc(-c2ccccc2)n1-c1ccccc1. The van der Waals surface area contributed by atoms with E-state index in [0.717, 1.165) is 76.3 Å². The number of fused-ring (bicyclic) bond motifs is 1. The molecular weight excluding hydrogens is 506 g/mol. The van der Waals surface area contributed by atoms with Gasteiger partial charge in [0.25, 0.3) is 5.91 Å². The quantitative estimate of drug-likeness (QED) is 0.228. The third kappa shape index (κ3) is 5.55. The molecule has 6 heteroatoms. The molecule has 1 fully saturated rings. The number of aromatic nitrogens is 2. The molecule has 0 spiro atoms. The summed E-state index contributed by atoms with van der Waals surface area (Å²) in [6.07, 6.45) is 3.83. The average Bonchev–Trinajstić information content (AvgIpc) is 3.35. The fraction of sp³-hybridized carbons (Fsp3) is 0.257. The maximum absolute atomic E-state index is 13.6. The summed E-state index contributed by atoms with van der Waals surface area (Å²) < 4.78 is 2.18. The summed E-state index contributed by atoms with van der Waals surface area (Å²) in [7, 11) is 4.13. The second kappa shape index (κ2) is 11.5. The van der Waals surface area contributed by atoms with Gasteiger partial charge in [0.05, 0.1) is 16.8 Å². The van der Waals surface area contributed by atoms with Gasteiger partial charge in [-0.05, 0) is 62.4 Å². The molecule has 208 valence electrons. The van der Waals surface area contributed by atoms with Crippen LogP contribution >= 0.6 is 0 Å². The molecule has 2 aromatic heterocycles. The molecule has 2 heterocycles. The predicted octanol–water partition coefficient (Wildman–Crippen LogP) is 7.22. The minimum atomic E-state index is -0.00223. The van der Waals surface area contributed by atoms with Crippen molar-refractivity contribution in [3.63, 3.8) is 0 Å². The van der Waals surface area contributed by atoms with E-state index in [2.05, 4.69) is 82.7 Å². The lowest BCUT2D eigenvalue weighted by Gasteiger charge is -2.30. The first-order valence-corrected chi connectivity index (χ1v) is 14.5. The normalized spacial score (nSPS) is 16.9. The summed E-state index contributed by atoms with van der Waals surface area (Å²) in [5, 5.41) is 8.18. The van der Waals surface area contributed by atoms with Gasteiger partial charge in [0.2, 0.25) is 0 Å². The van der Waals surface area contributed by atoms with Crippen molar-refractivity contribution < 1.29 is 4.79 Å². The van der Waals surface area contributed by atoms with Crippen molar-refractivity contribution in [2.75, 3.05) is 24.3 Å². The van der Waals surface area contributed by atoms with Gasteiger partial charge < -0.3 is 20.1 Å². The second-order valence-corrected chi connectivity index (χ2v) is 11.2. The van der Waals surface area contributed by atoms with E-state index < -0.39 is 0 Å². The molecule has 0 bridgehead atoms. The lowest BCUT2D eigenvalue weighted by molar-refractivity contribution is 0.0926. The zero-order valence-corrected chi connectivity index (χ0v) is 24.0. The number of nitrogens with zero attached hydrogens (tertiary/aromatic N) is 3. The van der Waals surface area contributed by atoms with Gasteiger partial charge in [-0.3, -0.25) is 4.79 Å². The number of para-hydroxylation sites is 2. The van der Waals surface area contributed by atoms with Gasteiger partial charge in [-0.25, -0.2) is 4.98 Å². The van der Waals surface area contributed by atoms with E-state index in [0.29, 0.717) is 6.04 Å². The van der Waals surface area contributed by atoms with Crippen LogP contribution in [0, 0.1) is 6.92 Å². The Bertz CT molecular complexity index is 1650. The minimum absolute atomic E-state index is 0.00223.